The van der Waals surface area contributed by atoms with Crippen LogP contribution in [0.4, 0.5) is 8.78 Å². The van der Waals surface area contributed by atoms with Crippen LogP contribution in [0.5, 0.6) is 0 Å². The largest absolute Gasteiger partial charge is 0.468 e. The monoisotopic (exact) mass is 237 g/mol. The average Bonchev–Trinajstić information content (AvgIpc) is 2.84. The fourth-order valence-electron chi connectivity index (χ4n) is 1.74. The van der Waals surface area contributed by atoms with E-state index in [1.807, 2.05) is 6.07 Å². The first kappa shape index (κ1) is 11.8. The Kier molecular flexibility index (Phi) is 3.54. The number of rotatable bonds is 4. The van der Waals surface area contributed by atoms with Crippen LogP contribution in [0.2, 0.25) is 0 Å². The van der Waals surface area contributed by atoms with Gasteiger partial charge in [-0.15, -0.1) is 0 Å². The Bertz CT molecular complexity index is 482. The van der Waals surface area contributed by atoms with Gasteiger partial charge in [-0.25, -0.2) is 8.78 Å². The minimum absolute atomic E-state index is 0.0464. The summed E-state index contributed by atoms with van der Waals surface area (Å²) in [5, 5.41) is 3.08. The van der Waals surface area contributed by atoms with Crippen molar-refractivity contribution in [1.82, 2.24) is 5.32 Å². The van der Waals surface area contributed by atoms with Gasteiger partial charge in [-0.05, 0) is 43.3 Å². The van der Waals surface area contributed by atoms with Crippen LogP contribution in [0.3, 0.4) is 0 Å². The molecule has 0 spiro atoms. The molecule has 0 saturated heterocycles. The summed E-state index contributed by atoms with van der Waals surface area (Å²) in [7, 11) is 1.80. The number of hydrogen-bond donors (Lipinski definition) is 1. The Hall–Kier alpha value is -1.68. The zero-order valence-corrected chi connectivity index (χ0v) is 9.41. The molecular weight excluding hydrogens is 224 g/mol. The standard InChI is InChI=1S/C13H13F2NO/c1-16-12(13-3-2-6-17-13)8-9-4-5-10(14)11(15)7-9/h2-7,12,16H,8H2,1H3. The smallest absolute Gasteiger partial charge is 0.159 e. The van der Waals surface area contributed by atoms with Crippen molar-refractivity contribution in [1.29, 1.82) is 0 Å². The van der Waals surface area contributed by atoms with Crippen LogP contribution in [0.25, 0.3) is 0 Å². The third kappa shape index (κ3) is 2.71. The minimum Gasteiger partial charge on any atom is -0.468 e. The van der Waals surface area contributed by atoms with Crippen molar-refractivity contribution in [2.45, 2.75) is 12.5 Å². The van der Waals surface area contributed by atoms with Crippen molar-refractivity contribution in [2.75, 3.05) is 7.05 Å². The van der Waals surface area contributed by atoms with Crippen LogP contribution in [-0.4, -0.2) is 7.05 Å². The molecule has 0 amide bonds. The summed E-state index contributed by atoms with van der Waals surface area (Å²) in [5.74, 6) is -0.873. The molecule has 0 aliphatic rings. The highest BCUT2D eigenvalue weighted by molar-refractivity contribution is 5.20. The van der Waals surface area contributed by atoms with Gasteiger partial charge in [0.1, 0.15) is 5.76 Å². The highest BCUT2D eigenvalue weighted by Gasteiger charge is 2.13. The van der Waals surface area contributed by atoms with Crippen molar-refractivity contribution >= 4 is 0 Å². The first-order valence-electron chi connectivity index (χ1n) is 5.35. The van der Waals surface area contributed by atoms with Crippen LogP contribution in [-0.2, 0) is 6.42 Å². The van der Waals surface area contributed by atoms with Gasteiger partial charge >= 0.3 is 0 Å². The van der Waals surface area contributed by atoms with Gasteiger partial charge in [0.15, 0.2) is 11.6 Å². The molecule has 1 atom stereocenters. The van der Waals surface area contributed by atoms with Crippen LogP contribution < -0.4 is 5.32 Å². The molecule has 0 saturated carbocycles. The van der Waals surface area contributed by atoms with E-state index in [0.717, 1.165) is 17.4 Å². The molecule has 1 aromatic carbocycles. The minimum atomic E-state index is -0.826. The first-order valence-corrected chi connectivity index (χ1v) is 5.35. The second-order valence-electron chi connectivity index (χ2n) is 3.81. The van der Waals surface area contributed by atoms with Crippen molar-refractivity contribution in [2.24, 2.45) is 0 Å². The molecule has 1 heterocycles. The summed E-state index contributed by atoms with van der Waals surface area (Å²) in [6.07, 6.45) is 2.13. The Balaban J connectivity index is 2.16. The van der Waals surface area contributed by atoms with E-state index in [2.05, 4.69) is 5.32 Å². The fraction of sp³-hybridized carbons (Fsp3) is 0.231. The second-order valence-corrected chi connectivity index (χ2v) is 3.81. The number of hydrogen-bond acceptors (Lipinski definition) is 2. The topological polar surface area (TPSA) is 25.2 Å². The molecule has 1 aromatic heterocycles. The molecule has 2 nitrogen and oxygen atoms in total. The molecule has 1 N–H and O–H groups in total. The zero-order valence-electron chi connectivity index (χ0n) is 9.41. The molecule has 0 aliphatic heterocycles. The third-order valence-corrected chi connectivity index (χ3v) is 2.66. The summed E-state index contributed by atoms with van der Waals surface area (Å²) in [4.78, 5) is 0. The molecule has 2 rings (SSSR count). The van der Waals surface area contributed by atoms with E-state index < -0.39 is 11.6 Å². The average molecular weight is 237 g/mol. The molecule has 0 bridgehead atoms. The molecule has 17 heavy (non-hydrogen) atoms. The summed E-state index contributed by atoms with van der Waals surface area (Å²) < 4.78 is 31.1. The lowest BCUT2D eigenvalue weighted by Gasteiger charge is -2.13. The predicted octanol–water partition coefficient (Wildman–Crippen LogP) is 3.06. The lowest BCUT2D eigenvalue weighted by Crippen LogP contribution is -2.18. The molecule has 0 radical (unpaired) electrons. The molecule has 0 aliphatic carbocycles. The number of halogens is 2. The van der Waals surface area contributed by atoms with Gasteiger partial charge in [-0.3, -0.25) is 0 Å². The number of nitrogens with one attached hydrogen (secondary N) is 1. The highest BCUT2D eigenvalue weighted by atomic mass is 19.2. The van der Waals surface area contributed by atoms with Crippen LogP contribution in [0, 0.1) is 11.6 Å². The summed E-state index contributed by atoms with van der Waals surface area (Å²) in [6, 6.07) is 7.52. The van der Waals surface area contributed by atoms with Crippen LogP contribution in [0.1, 0.15) is 17.4 Å². The molecule has 90 valence electrons. The van der Waals surface area contributed by atoms with Gasteiger partial charge in [0.25, 0.3) is 0 Å². The van der Waals surface area contributed by atoms with E-state index in [0.29, 0.717) is 6.42 Å². The van der Waals surface area contributed by atoms with Gasteiger partial charge in [-0.1, -0.05) is 6.07 Å². The predicted molar refractivity (Wildman–Crippen MR) is 60.6 cm³/mol. The maximum absolute atomic E-state index is 13.1. The van der Waals surface area contributed by atoms with Gasteiger partial charge in [0, 0.05) is 0 Å². The third-order valence-electron chi connectivity index (χ3n) is 2.66. The maximum atomic E-state index is 13.1. The molecule has 4 heteroatoms. The summed E-state index contributed by atoms with van der Waals surface area (Å²) >= 11 is 0. The normalized spacial score (nSPS) is 12.6. The van der Waals surface area contributed by atoms with E-state index >= 15 is 0 Å². The van der Waals surface area contributed by atoms with Crippen molar-refractivity contribution in [3.63, 3.8) is 0 Å². The second kappa shape index (κ2) is 5.10. The SMILES string of the molecule is CNC(Cc1ccc(F)c(F)c1)c1ccco1. The van der Waals surface area contributed by atoms with Crippen molar-refractivity contribution in [3.05, 3.63) is 59.6 Å². The lowest BCUT2D eigenvalue weighted by molar-refractivity contribution is 0.428. The quantitative estimate of drug-likeness (QED) is 0.884. The van der Waals surface area contributed by atoms with Gasteiger partial charge in [0.05, 0.1) is 12.3 Å². The maximum Gasteiger partial charge on any atom is 0.159 e. The summed E-state index contributed by atoms with van der Waals surface area (Å²) in [5.41, 5.74) is 0.722. The fourth-order valence-corrected chi connectivity index (χ4v) is 1.74. The highest BCUT2D eigenvalue weighted by Crippen LogP contribution is 2.19. The number of likely N-dealkylation sites (N-methyl/N-ethyl adjacent to an activating group) is 1. The van der Waals surface area contributed by atoms with Gasteiger partial charge < -0.3 is 9.73 Å². The van der Waals surface area contributed by atoms with E-state index in [1.165, 1.54) is 6.07 Å². The van der Waals surface area contributed by atoms with E-state index in [-0.39, 0.29) is 6.04 Å². The van der Waals surface area contributed by atoms with Crippen LogP contribution >= 0.6 is 0 Å². The van der Waals surface area contributed by atoms with Crippen LogP contribution in [0.15, 0.2) is 41.0 Å². The Morgan fingerprint density at radius 3 is 2.65 bits per heavy atom. The molecular formula is C13H13F2NO. The van der Waals surface area contributed by atoms with Gasteiger partial charge in [0.2, 0.25) is 0 Å². The van der Waals surface area contributed by atoms with Gasteiger partial charge in [-0.2, -0.15) is 0 Å². The van der Waals surface area contributed by atoms with Crippen molar-refractivity contribution < 1.29 is 13.2 Å². The first-order chi connectivity index (χ1) is 8.20. The Morgan fingerprint density at radius 1 is 1.24 bits per heavy atom. The molecule has 2 aromatic rings. The Morgan fingerprint density at radius 2 is 2.06 bits per heavy atom. The molecule has 0 fully saturated rings. The number of furan rings is 1. The lowest BCUT2D eigenvalue weighted by atomic mass is 10.0. The van der Waals surface area contributed by atoms with E-state index in [9.17, 15) is 8.78 Å². The molecule has 1 unspecified atom stereocenters. The number of benzene rings is 1. The van der Waals surface area contributed by atoms with E-state index in [4.69, 9.17) is 4.42 Å². The van der Waals surface area contributed by atoms with Crippen molar-refractivity contribution in [3.8, 4) is 0 Å². The zero-order chi connectivity index (χ0) is 12.3. The Labute approximate surface area is 98.3 Å². The van der Waals surface area contributed by atoms with E-state index in [1.54, 1.807) is 25.4 Å². The summed E-state index contributed by atoms with van der Waals surface area (Å²) in [6.45, 7) is 0.